The molecule has 0 spiro atoms. The van der Waals surface area contributed by atoms with Crippen molar-refractivity contribution in [2.45, 2.75) is 25.0 Å². The molecule has 1 amide bonds. The third kappa shape index (κ3) is 1.86. The number of carbonyl (C=O) groups is 1. The maximum atomic E-state index is 10.3. The molecule has 0 aromatic rings. The minimum Gasteiger partial charge on any atom is -0.465 e. The highest BCUT2D eigenvalue weighted by atomic mass is 16.4. The van der Waals surface area contributed by atoms with Gasteiger partial charge in [-0.1, -0.05) is 0 Å². The number of hydrogen-bond acceptors (Lipinski definition) is 3. The molecule has 1 saturated heterocycles. The molecule has 1 rings (SSSR count). The molecule has 70 valence electrons. The summed E-state index contributed by atoms with van der Waals surface area (Å²) in [4.78, 5) is 11.4. The van der Waals surface area contributed by atoms with Gasteiger partial charge in [-0.2, -0.15) is 0 Å². The minimum absolute atomic E-state index is 0.104. The fraction of sp³-hybridized carbons (Fsp3) is 0.857. The second-order valence-corrected chi connectivity index (χ2v) is 3.42. The van der Waals surface area contributed by atoms with Gasteiger partial charge in [0.25, 0.3) is 0 Å². The molecule has 1 atom stereocenters. The predicted octanol–water partition coefficient (Wildman–Crippen LogP) is -0.518. The van der Waals surface area contributed by atoms with Gasteiger partial charge in [0, 0.05) is 6.42 Å². The van der Waals surface area contributed by atoms with Crippen molar-refractivity contribution in [1.29, 1.82) is 0 Å². The lowest BCUT2D eigenvalue weighted by Crippen LogP contribution is -2.64. The molecule has 12 heavy (non-hydrogen) atoms. The number of amides is 1. The number of nitrogens with zero attached hydrogens (tertiary/aromatic N) is 1. The largest absolute Gasteiger partial charge is 0.465 e. The number of likely N-dealkylation sites (tertiary alicyclic amines) is 1. The molecule has 1 heterocycles. The molecule has 5 heteroatoms. The number of aliphatic hydroxyl groups excluding tert-OH is 1. The molecule has 1 unspecified atom stereocenters. The topological polar surface area (TPSA) is 81.0 Å². The van der Waals surface area contributed by atoms with Gasteiger partial charge < -0.3 is 20.2 Å². The van der Waals surface area contributed by atoms with Crippen molar-refractivity contribution in [3.8, 4) is 0 Å². The summed E-state index contributed by atoms with van der Waals surface area (Å²) in [5.41, 5.74) is -1.01. The first-order valence-electron chi connectivity index (χ1n) is 3.81. The molecular formula is C7H13NO4. The second-order valence-electron chi connectivity index (χ2n) is 3.42. The lowest BCUT2D eigenvalue weighted by Gasteiger charge is -2.45. The average molecular weight is 175 g/mol. The molecular weight excluding hydrogens is 162 g/mol. The summed E-state index contributed by atoms with van der Waals surface area (Å²) in [7, 11) is 0. The summed E-state index contributed by atoms with van der Waals surface area (Å²) in [5, 5.41) is 26.9. The van der Waals surface area contributed by atoms with Crippen molar-refractivity contribution in [3.63, 3.8) is 0 Å². The van der Waals surface area contributed by atoms with Gasteiger partial charge in [-0.15, -0.1) is 0 Å². The van der Waals surface area contributed by atoms with E-state index in [-0.39, 0.29) is 19.5 Å². The zero-order chi connectivity index (χ0) is 9.35. The van der Waals surface area contributed by atoms with Crippen molar-refractivity contribution in [2.24, 2.45) is 0 Å². The van der Waals surface area contributed by atoms with E-state index in [1.54, 1.807) is 6.92 Å². The van der Waals surface area contributed by atoms with Crippen LogP contribution < -0.4 is 0 Å². The Bertz CT molecular complexity index is 186. The van der Waals surface area contributed by atoms with E-state index in [4.69, 9.17) is 10.2 Å². The first kappa shape index (κ1) is 9.28. The van der Waals surface area contributed by atoms with Crippen LogP contribution >= 0.6 is 0 Å². The monoisotopic (exact) mass is 175 g/mol. The number of carboxylic acid groups (broad SMARTS) is 1. The maximum absolute atomic E-state index is 10.3. The maximum Gasteiger partial charge on any atom is 0.407 e. The molecule has 0 radical (unpaired) electrons. The Balaban J connectivity index is 2.35. The normalized spacial score (nSPS) is 23.1. The molecule has 0 bridgehead atoms. The molecule has 1 aliphatic rings. The third-order valence-corrected chi connectivity index (χ3v) is 1.92. The van der Waals surface area contributed by atoms with Gasteiger partial charge >= 0.3 is 6.09 Å². The van der Waals surface area contributed by atoms with Crippen molar-refractivity contribution in [1.82, 2.24) is 4.90 Å². The number of β-amino-alcohol motifs (C(OH)–C–C–N with tert-alkyl or cyclic N) is 1. The summed E-state index contributed by atoms with van der Waals surface area (Å²) in [6.07, 6.45) is -1.38. The van der Waals surface area contributed by atoms with E-state index < -0.39 is 17.8 Å². The summed E-state index contributed by atoms with van der Waals surface area (Å²) in [6.45, 7) is 1.78. The zero-order valence-corrected chi connectivity index (χ0v) is 6.90. The lowest BCUT2D eigenvalue weighted by molar-refractivity contribution is -0.106. The van der Waals surface area contributed by atoms with E-state index in [0.29, 0.717) is 0 Å². The van der Waals surface area contributed by atoms with Crippen LogP contribution in [0, 0.1) is 0 Å². The summed E-state index contributed by atoms with van der Waals surface area (Å²) < 4.78 is 0. The van der Waals surface area contributed by atoms with Crippen LogP contribution in [0.1, 0.15) is 13.3 Å². The van der Waals surface area contributed by atoms with E-state index >= 15 is 0 Å². The lowest BCUT2D eigenvalue weighted by atomic mass is 9.89. The molecule has 5 nitrogen and oxygen atoms in total. The molecule has 0 aromatic carbocycles. The van der Waals surface area contributed by atoms with Gasteiger partial charge in [0.05, 0.1) is 19.2 Å². The van der Waals surface area contributed by atoms with E-state index in [9.17, 15) is 9.90 Å². The standard InChI is InChI=1S/C7H13NO4/c1-5(9)2-7(12)3-8(4-7)6(10)11/h5,9,12H,2-4H2,1H3,(H,10,11). The quantitative estimate of drug-likeness (QED) is 0.527. The SMILES string of the molecule is CC(O)CC1(O)CN(C(=O)O)C1. The first-order valence-corrected chi connectivity index (χ1v) is 3.81. The Morgan fingerprint density at radius 1 is 1.67 bits per heavy atom. The third-order valence-electron chi connectivity index (χ3n) is 1.92. The molecule has 1 aliphatic heterocycles. The van der Waals surface area contributed by atoms with Gasteiger partial charge in [-0.3, -0.25) is 0 Å². The Morgan fingerprint density at radius 2 is 2.17 bits per heavy atom. The van der Waals surface area contributed by atoms with E-state index in [1.807, 2.05) is 0 Å². The van der Waals surface area contributed by atoms with Crippen molar-refractivity contribution in [2.75, 3.05) is 13.1 Å². The molecule has 0 aromatic heterocycles. The Kier molecular flexibility index (Phi) is 2.25. The first-order chi connectivity index (χ1) is 5.43. The van der Waals surface area contributed by atoms with Crippen molar-refractivity contribution in [3.05, 3.63) is 0 Å². The van der Waals surface area contributed by atoms with Crippen LogP contribution in [0.2, 0.25) is 0 Å². The molecule has 0 aliphatic carbocycles. The molecule has 1 fully saturated rings. The van der Waals surface area contributed by atoms with E-state index in [0.717, 1.165) is 4.90 Å². The summed E-state index contributed by atoms with van der Waals surface area (Å²) >= 11 is 0. The van der Waals surface area contributed by atoms with Crippen LogP contribution in [0.15, 0.2) is 0 Å². The Morgan fingerprint density at radius 3 is 2.50 bits per heavy atom. The highest BCUT2D eigenvalue weighted by Gasteiger charge is 2.44. The van der Waals surface area contributed by atoms with Crippen LogP contribution in [0.4, 0.5) is 4.79 Å². The fourth-order valence-electron chi connectivity index (χ4n) is 1.48. The smallest absolute Gasteiger partial charge is 0.407 e. The minimum atomic E-state index is -1.02. The van der Waals surface area contributed by atoms with Crippen molar-refractivity contribution < 1.29 is 20.1 Å². The van der Waals surface area contributed by atoms with Gasteiger partial charge in [-0.25, -0.2) is 4.79 Å². The molecule has 3 N–H and O–H groups in total. The van der Waals surface area contributed by atoms with Crippen LogP contribution in [0.25, 0.3) is 0 Å². The Hall–Kier alpha value is -0.810. The summed E-state index contributed by atoms with van der Waals surface area (Å²) in [6, 6.07) is 0. The van der Waals surface area contributed by atoms with Gasteiger partial charge in [0.15, 0.2) is 0 Å². The number of rotatable bonds is 2. The fourth-order valence-corrected chi connectivity index (χ4v) is 1.48. The van der Waals surface area contributed by atoms with Crippen molar-refractivity contribution >= 4 is 6.09 Å². The number of aliphatic hydroxyl groups is 2. The molecule has 0 saturated carbocycles. The van der Waals surface area contributed by atoms with Gasteiger partial charge in [-0.05, 0) is 6.92 Å². The highest BCUT2D eigenvalue weighted by Crippen LogP contribution is 2.25. The van der Waals surface area contributed by atoms with Crippen LogP contribution in [0.5, 0.6) is 0 Å². The van der Waals surface area contributed by atoms with Crippen LogP contribution in [-0.4, -0.2) is 51.1 Å². The van der Waals surface area contributed by atoms with E-state index in [2.05, 4.69) is 0 Å². The predicted molar refractivity (Wildman–Crippen MR) is 40.8 cm³/mol. The van der Waals surface area contributed by atoms with Gasteiger partial charge in [0.2, 0.25) is 0 Å². The van der Waals surface area contributed by atoms with Crippen LogP contribution in [0.3, 0.4) is 0 Å². The highest BCUT2D eigenvalue weighted by molar-refractivity contribution is 5.66. The number of hydrogen-bond donors (Lipinski definition) is 3. The van der Waals surface area contributed by atoms with E-state index in [1.165, 1.54) is 0 Å². The average Bonchev–Trinajstić information content (AvgIpc) is 1.80. The Labute approximate surface area is 70.2 Å². The van der Waals surface area contributed by atoms with Gasteiger partial charge in [0.1, 0.15) is 5.60 Å². The summed E-state index contributed by atoms with van der Waals surface area (Å²) in [5.74, 6) is 0. The van der Waals surface area contributed by atoms with Crippen LogP contribution in [-0.2, 0) is 0 Å². The zero-order valence-electron chi connectivity index (χ0n) is 6.90. The second kappa shape index (κ2) is 2.91.